The van der Waals surface area contributed by atoms with Gasteiger partial charge in [0.1, 0.15) is 16.5 Å². The number of piperidine rings is 2. The van der Waals surface area contributed by atoms with Crippen LogP contribution in [0.2, 0.25) is 0 Å². The number of aromatic nitrogens is 2. The van der Waals surface area contributed by atoms with Crippen molar-refractivity contribution in [2.24, 2.45) is 5.92 Å². The molecule has 10 heteroatoms. The molecule has 4 rings (SSSR count). The molecular formula is C23H31N5O4S. The van der Waals surface area contributed by atoms with E-state index in [9.17, 15) is 13.2 Å². The Hall–Kier alpha value is -2.72. The number of benzene rings is 1. The Bertz CT molecular complexity index is 1060. The zero-order valence-electron chi connectivity index (χ0n) is 18.9. The number of hydrogen-bond donors (Lipinski definition) is 1. The third-order valence-electron chi connectivity index (χ3n) is 6.11. The minimum atomic E-state index is -3.71. The molecule has 1 aromatic carbocycles. The Kier molecular flexibility index (Phi) is 7.44. The van der Waals surface area contributed by atoms with Crippen LogP contribution >= 0.6 is 0 Å². The van der Waals surface area contributed by atoms with E-state index in [0.717, 1.165) is 44.5 Å². The second-order valence-electron chi connectivity index (χ2n) is 8.40. The first-order valence-corrected chi connectivity index (χ1v) is 13.0. The lowest BCUT2D eigenvalue weighted by molar-refractivity contribution is -0.120. The van der Waals surface area contributed by atoms with Gasteiger partial charge in [-0.15, -0.1) is 0 Å². The molecule has 3 heterocycles. The fourth-order valence-electron chi connectivity index (χ4n) is 4.40. The number of carbonyl (C=O) groups excluding carboxylic acids is 1. The van der Waals surface area contributed by atoms with Gasteiger partial charge >= 0.3 is 0 Å². The molecule has 2 aromatic rings. The number of hydrogen-bond acceptors (Lipinski definition) is 7. The Morgan fingerprint density at radius 1 is 1.15 bits per heavy atom. The van der Waals surface area contributed by atoms with Gasteiger partial charge in [-0.2, -0.15) is 4.31 Å². The van der Waals surface area contributed by atoms with E-state index in [0.29, 0.717) is 37.7 Å². The number of rotatable bonds is 7. The monoisotopic (exact) mass is 473 g/mol. The highest BCUT2D eigenvalue weighted by atomic mass is 32.2. The van der Waals surface area contributed by atoms with E-state index < -0.39 is 10.0 Å². The van der Waals surface area contributed by atoms with Gasteiger partial charge in [0.05, 0.1) is 18.7 Å². The maximum absolute atomic E-state index is 13.3. The summed E-state index contributed by atoms with van der Waals surface area (Å²) in [6, 6.07) is 4.85. The molecule has 1 N–H and O–H groups in total. The van der Waals surface area contributed by atoms with Crippen molar-refractivity contribution in [1.82, 2.24) is 14.3 Å². The van der Waals surface area contributed by atoms with Crippen LogP contribution in [-0.4, -0.2) is 61.4 Å². The van der Waals surface area contributed by atoms with Crippen LogP contribution in [-0.2, 0) is 14.8 Å². The van der Waals surface area contributed by atoms with Crippen molar-refractivity contribution in [3.63, 3.8) is 0 Å². The van der Waals surface area contributed by atoms with Crippen molar-refractivity contribution in [2.45, 2.75) is 43.9 Å². The molecule has 1 amide bonds. The summed E-state index contributed by atoms with van der Waals surface area (Å²) in [6.45, 7) is 4.55. The largest absolute Gasteiger partial charge is 0.492 e. The van der Waals surface area contributed by atoms with Crippen LogP contribution in [0.1, 0.15) is 39.0 Å². The van der Waals surface area contributed by atoms with Gasteiger partial charge in [0.2, 0.25) is 15.9 Å². The van der Waals surface area contributed by atoms with Crippen molar-refractivity contribution in [1.29, 1.82) is 0 Å². The van der Waals surface area contributed by atoms with E-state index in [1.165, 1.54) is 10.4 Å². The molecule has 0 unspecified atom stereocenters. The second kappa shape index (κ2) is 10.5. The van der Waals surface area contributed by atoms with Crippen LogP contribution in [0.3, 0.4) is 0 Å². The van der Waals surface area contributed by atoms with Gasteiger partial charge in [-0.3, -0.25) is 9.78 Å². The topological polar surface area (TPSA) is 105 Å². The highest BCUT2D eigenvalue weighted by molar-refractivity contribution is 7.89. The number of nitrogens with one attached hydrogen (secondary N) is 1. The number of anilines is 2. The maximum atomic E-state index is 13.3. The number of sulfonamides is 1. The van der Waals surface area contributed by atoms with Crippen LogP contribution in [0.15, 0.2) is 41.7 Å². The minimum Gasteiger partial charge on any atom is -0.492 e. The third kappa shape index (κ3) is 5.44. The molecule has 0 bridgehead atoms. The fraction of sp³-hybridized carbons (Fsp3) is 0.522. The second-order valence-corrected chi connectivity index (χ2v) is 10.3. The maximum Gasteiger partial charge on any atom is 0.246 e. The van der Waals surface area contributed by atoms with Crippen LogP contribution in [0.5, 0.6) is 5.75 Å². The number of nitrogens with zero attached hydrogens (tertiary/aromatic N) is 4. The van der Waals surface area contributed by atoms with E-state index in [4.69, 9.17) is 4.74 Å². The summed E-state index contributed by atoms with van der Waals surface area (Å²) < 4.78 is 33.8. The first kappa shape index (κ1) is 23.4. The molecule has 0 spiro atoms. The molecule has 2 aliphatic rings. The average molecular weight is 474 g/mol. The lowest BCUT2D eigenvalue weighted by Crippen LogP contribution is -2.41. The minimum absolute atomic E-state index is 0.105. The highest BCUT2D eigenvalue weighted by Crippen LogP contribution is 2.32. The van der Waals surface area contributed by atoms with Gasteiger partial charge < -0.3 is 15.0 Å². The first-order chi connectivity index (χ1) is 16.0. The lowest BCUT2D eigenvalue weighted by atomic mass is 9.97. The van der Waals surface area contributed by atoms with Crippen LogP contribution in [0.4, 0.5) is 11.5 Å². The Labute approximate surface area is 195 Å². The molecule has 33 heavy (non-hydrogen) atoms. The van der Waals surface area contributed by atoms with E-state index in [-0.39, 0.29) is 16.7 Å². The molecule has 0 saturated carbocycles. The molecule has 2 saturated heterocycles. The van der Waals surface area contributed by atoms with Gasteiger partial charge in [-0.25, -0.2) is 13.4 Å². The SMILES string of the molecule is CCOc1ccc(NC(=O)[C@@H]2CCCN(c3cnccn3)C2)cc1S(=O)(=O)N1CCCCC1. The zero-order chi connectivity index (χ0) is 23.3. The molecule has 1 aromatic heterocycles. The van der Waals surface area contributed by atoms with Gasteiger partial charge in [0.25, 0.3) is 0 Å². The van der Waals surface area contributed by atoms with Crippen molar-refractivity contribution < 1.29 is 17.9 Å². The normalized spacial score (nSPS) is 19.8. The van der Waals surface area contributed by atoms with E-state index >= 15 is 0 Å². The molecule has 0 radical (unpaired) electrons. The molecule has 2 aliphatic heterocycles. The van der Waals surface area contributed by atoms with E-state index in [2.05, 4.69) is 20.2 Å². The smallest absolute Gasteiger partial charge is 0.246 e. The molecule has 178 valence electrons. The Morgan fingerprint density at radius 2 is 1.97 bits per heavy atom. The summed E-state index contributed by atoms with van der Waals surface area (Å²) in [7, 11) is -3.71. The number of ether oxygens (including phenoxy) is 1. The summed E-state index contributed by atoms with van der Waals surface area (Å²) in [5, 5.41) is 2.93. The number of amides is 1. The predicted molar refractivity (Wildman–Crippen MR) is 126 cm³/mol. The molecule has 2 fully saturated rings. The lowest BCUT2D eigenvalue weighted by Gasteiger charge is -2.32. The summed E-state index contributed by atoms with van der Waals surface area (Å²) in [5.74, 6) is 0.710. The molecule has 0 aliphatic carbocycles. The van der Waals surface area contributed by atoms with Crippen LogP contribution < -0.4 is 15.0 Å². The van der Waals surface area contributed by atoms with Gasteiger partial charge in [0.15, 0.2) is 0 Å². The van der Waals surface area contributed by atoms with Crippen molar-refractivity contribution in [3.05, 3.63) is 36.8 Å². The van der Waals surface area contributed by atoms with E-state index in [1.54, 1.807) is 30.7 Å². The van der Waals surface area contributed by atoms with Gasteiger partial charge in [-0.1, -0.05) is 6.42 Å². The highest BCUT2D eigenvalue weighted by Gasteiger charge is 2.30. The Morgan fingerprint density at radius 3 is 2.70 bits per heavy atom. The summed E-state index contributed by atoms with van der Waals surface area (Å²) >= 11 is 0. The average Bonchev–Trinajstić information content (AvgIpc) is 2.86. The van der Waals surface area contributed by atoms with Gasteiger partial charge in [0, 0.05) is 44.3 Å². The summed E-state index contributed by atoms with van der Waals surface area (Å²) in [4.78, 5) is 23.7. The van der Waals surface area contributed by atoms with Crippen LogP contribution in [0.25, 0.3) is 0 Å². The quantitative estimate of drug-likeness (QED) is 0.659. The van der Waals surface area contributed by atoms with Crippen molar-refractivity contribution >= 4 is 27.4 Å². The first-order valence-electron chi connectivity index (χ1n) is 11.6. The molecule has 9 nitrogen and oxygen atoms in total. The van der Waals surface area contributed by atoms with Crippen molar-refractivity contribution in [2.75, 3.05) is 43.0 Å². The standard InChI is InChI=1S/C23H31N5O4S/c1-2-32-20-9-8-19(15-21(20)33(30,31)28-13-4-3-5-14-28)26-23(29)18-7-6-12-27(17-18)22-16-24-10-11-25-22/h8-11,15-16,18H,2-7,12-14,17H2,1H3,(H,26,29)/t18-/m1/s1. The number of carbonyl (C=O) groups is 1. The van der Waals surface area contributed by atoms with E-state index in [1.807, 2.05) is 6.92 Å². The Balaban J connectivity index is 1.52. The van der Waals surface area contributed by atoms with Crippen molar-refractivity contribution in [3.8, 4) is 5.75 Å². The zero-order valence-corrected chi connectivity index (χ0v) is 19.8. The van der Waals surface area contributed by atoms with Crippen LogP contribution in [0, 0.1) is 5.92 Å². The fourth-order valence-corrected chi connectivity index (χ4v) is 6.08. The third-order valence-corrected chi connectivity index (χ3v) is 8.03. The molecule has 1 atom stereocenters. The molecular weight excluding hydrogens is 442 g/mol. The van der Waals surface area contributed by atoms with Gasteiger partial charge in [-0.05, 0) is 50.8 Å². The summed E-state index contributed by atoms with van der Waals surface area (Å²) in [6.07, 6.45) is 9.33. The predicted octanol–water partition coefficient (Wildman–Crippen LogP) is 2.91. The summed E-state index contributed by atoms with van der Waals surface area (Å²) in [5.41, 5.74) is 0.454.